The Labute approximate surface area is 320 Å². The number of aliphatic hydroxyl groups excluding tert-OH is 2. The van der Waals surface area contributed by atoms with Gasteiger partial charge in [0.05, 0.1) is 18.8 Å². The first-order valence-corrected chi connectivity index (χ1v) is 22.5. The second kappa shape index (κ2) is 30.6. The summed E-state index contributed by atoms with van der Waals surface area (Å²) in [6.07, 6.45) is 24.1. The van der Waals surface area contributed by atoms with E-state index in [1.165, 1.54) is 57.8 Å². The van der Waals surface area contributed by atoms with Gasteiger partial charge < -0.3 is 29.5 Å². The number of ketones is 1. The van der Waals surface area contributed by atoms with Gasteiger partial charge in [0.15, 0.2) is 6.10 Å². The van der Waals surface area contributed by atoms with E-state index in [1.54, 1.807) is 6.08 Å². The number of phosphoric acid groups is 1. The number of hydrogen-bond acceptors (Lipinski definition) is 9. The minimum atomic E-state index is -4.81. The predicted molar refractivity (Wildman–Crippen MR) is 208 cm³/mol. The maximum Gasteiger partial charge on any atom is 0.469 e. The lowest BCUT2D eigenvalue weighted by Crippen LogP contribution is -2.29. The number of Topliss-reactive ketones (excluding diaryl/α,β-unsaturated/α-hetero) is 1. The summed E-state index contributed by atoms with van der Waals surface area (Å²) in [5.41, 5.74) is 0. The fourth-order valence-electron chi connectivity index (χ4n) is 6.92. The lowest BCUT2D eigenvalue weighted by molar-refractivity contribution is -0.161. The number of hydrogen-bond donors (Lipinski definition) is 4. The Morgan fingerprint density at radius 2 is 1.30 bits per heavy atom. The number of esters is 2. The summed E-state index contributed by atoms with van der Waals surface area (Å²) >= 11 is 0. The first kappa shape index (κ1) is 49.4. The maximum atomic E-state index is 12.5. The number of ether oxygens (including phenoxy) is 2. The number of carbonyl (C=O) groups excluding carboxylic acids is 3. The molecular weight excluding hydrogens is 699 g/mol. The minimum Gasteiger partial charge on any atom is -0.462 e. The van der Waals surface area contributed by atoms with Crippen molar-refractivity contribution in [1.29, 1.82) is 0 Å². The molecule has 0 aromatic carbocycles. The number of unbranched alkanes of at least 4 members (excludes halogenated alkanes) is 16. The van der Waals surface area contributed by atoms with Crippen LogP contribution < -0.4 is 0 Å². The van der Waals surface area contributed by atoms with Crippen LogP contribution in [0.5, 0.6) is 0 Å². The van der Waals surface area contributed by atoms with Crippen molar-refractivity contribution in [2.75, 3.05) is 13.2 Å². The summed E-state index contributed by atoms with van der Waals surface area (Å²) in [4.78, 5) is 55.6. The Balaban J connectivity index is 2.25. The number of aliphatic hydroxyl groups is 2. The van der Waals surface area contributed by atoms with Crippen LogP contribution in [-0.2, 0) is 32.9 Å². The minimum absolute atomic E-state index is 0.0450. The molecule has 0 radical (unpaired) electrons. The Morgan fingerprint density at radius 1 is 0.774 bits per heavy atom. The van der Waals surface area contributed by atoms with Gasteiger partial charge in [-0.3, -0.25) is 18.9 Å². The molecule has 0 spiro atoms. The van der Waals surface area contributed by atoms with Gasteiger partial charge in [-0.25, -0.2) is 4.57 Å². The fourth-order valence-corrected chi connectivity index (χ4v) is 7.29. The van der Waals surface area contributed by atoms with E-state index < -0.39 is 44.7 Å². The topological polar surface area (TPSA) is 177 Å². The lowest BCUT2D eigenvalue weighted by atomic mass is 9.88. The number of rotatable bonds is 34. The van der Waals surface area contributed by atoms with Crippen LogP contribution in [0.4, 0.5) is 0 Å². The summed E-state index contributed by atoms with van der Waals surface area (Å²) in [6.45, 7) is 5.71. The molecule has 0 amide bonds. The van der Waals surface area contributed by atoms with Crippen molar-refractivity contribution >= 4 is 25.5 Å². The monoisotopic (exact) mass is 775 g/mol. The molecular formula is C41H75O11P. The number of phosphoric ester groups is 1. The third kappa shape index (κ3) is 27.6. The number of carbonyl (C=O) groups is 3. The van der Waals surface area contributed by atoms with Gasteiger partial charge in [0.2, 0.25) is 0 Å². The molecule has 1 aliphatic carbocycles. The van der Waals surface area contributed by atoms with Crippen LogP contribution in [0.15, 0.2) is 12.2 Å². The van der Waals surface area contributed by atoms with Crippen molar-refractivity contribution in [2.45, 2.75) is 200 Å². The van der Waals surface area contributed by atoms with Crippen molar-refractivity contribution in [3.05, 3.63) is 12.2 Å². The summed E-state index contributed by atoms with van der Waals surface area (Å²) in [5.74, 6) is -0.761. The van der Waals surface area contributed by atoms with E-state index in [1.807, 2.05) is 6.08 Å². The molecule has 0 heterocycles. The van der Waals surface area contributed by atoms with Crippen molar-refractivity contribution in [2.24, 2.45) is 17.8 Å². The van der Waals surface area contributed by atoms with E-state index in [9.17, 15) is 29.2 Å². The molecule has 1 saturated carbocycles. The standard InChI is InChI=1S/C41H75O11P/c1-4-5-18-24-34(42)28-29-37-36(38(43)30-39(37)44)25-20-16-17-21-26-40(45)50-31-35(32-51-53(47,48)49)52-41(46)27-22-15-13-11-9-7-6-8-10-12-14-19-23-33(2)3/h28-29,33-37,39,42,44H,4-27,30-32H2,1-3H3,(H2,47,48,49)/b29-28+/t34-,35+,36+,37+,39+/m0/s1. The second-order valence-corrected chi connectivity index (χ2v) is 16.8. The average Bonchev–Trinajstić information content (AvgIpc) is 3.36. The Bertz CT molecular complexity index is 1040. The largest absolute Gasteiger partial charge is 0.469 e. The SMILES string of the molecule is CCCCC[C@H](O)/C=C/[C@H]1[C@H](O)CC(=O)[C@@H]1CCCCCCC(=O)OC[C@H](COP(=O)(O)O)OC(=O)CCCCCCCCCCCCCCC(C)C. The van der Waals surface area contributed by atoms with E-state index in [0.29, 0.717) is 25.7 Å². The quantitative estimate of drug-likeness (QED) is 0.0212. The van der Waals surface area contributed by atoms with Gasteiger partial charge in [-0.2, -0.15) is 0 Å². The molecule has 0 aliphatic heterocycles. The van der Waals surface area contributed by atoms with Crippen molar-refractivity contribution < 1.29 is 52.9 Å². The van der Waals surface area contributed by atoms with E-state index in [-0.39, 0.29) is 43.5 Å². The molecule has 1 fully saturated rings. The highest BCUT2D eigenvalue weighted by molar-refractivity contribution is 7.46. The third-order valence-corrected chi connectivity index (χ3v) is 10.6. The summed E-state index contributed by atoms with van der Waals surface area (Å²) in [5, 5.41) is 20.6. The molecule has 0 saturated heterocycles. The maximum absolute atomic E-state index is 12.5. The molecule has 310 valence electrons. The zero-order valence-corrected chi connectivity index (χ0v) is 34.2. The molecule has 11 nitrogen and oxygen atoms in total. The van der Waals surface area contributed by atoms with Crippen molar-refractivity contribution in [3.63, 3.8) is 0 Å². The first-order valence-electron chi connectivity index (χ1n) is 20.9. The highest BCUT2D eigenvalue weighted by Crippen LogP contribution is 2.36. The van der Waals surface area contributed by atoms with Gasteiger partial charge in [0.25, 0.3) is 0 Å². The van der Waals surface area contributed by atoms with Crippen molar-refractivity contribution in [1.82, 2.24) is 0 Å². The molecule has 1 aliphatic rings. The van der Waals surface area contributed by atoms with Gasteiger partial charge in [0, 0.05) is 31.1 Å². The molecule has 12 heteroatoms. The predicted octanol–water partition coefficient (Wildman–Crippen LogP) is 9.07. The molecule has 0 aromatic rings. The molecule has 1 rings (SSSR count). The Morgan fingerprint density at radius 3 is 1.87 bits per heavy atom. The van der Waals surface area contributed by atoms with Gasteiger partial charge in [-0.15, -0.1) is 0 Å². The van der Waals surface area contributed by atoms with Gasteiger partial charge in [-0.05, 0) is 31.6 Å². The van der Waals surface area contributed by atoms with Crippen molar-refractivity contribution in [3.8, 4) is 0 Å². The van der Waals surface area contributed by atoms with E-state index in [0.717, 1.165) is 63.7 Å². The molecule has 5 atom stereocenters. The molecule has 0 bridgehead atoms. The van der Waals surface area contributed by atoms with Crippen LogP contribution in [0.1, 0.15) is 181 Å². The zero-order valence-electron chi connectivity index (χ0n) is 33.3. The van der Waals surface area contributed by atoms with Crippen LogP contribution >= 0.6 is 7.82 Å². The molecule has 0 unspecified atom stereocenters. The van der Waals surface area contributed by atoms with Crippen LogP contribution in [-0.4, -0.2) is 69.2 Å². The normalized spacial score (nSPS) is 18.9. The van der Waals surface area contributed by atoms with Crippen LogP contribution in [0.3, 0.4) is 0 Å². The molecule has 0 aromatic heterocycles. The first-order chi connectivity index (χ1) is 25.3. The van der Waals surface area contributed by atoms with Gasteiger partial charge in [0.1, 0.15) is 12.4 Å². The van der Waals surface area contributed by atoms with Crippen LogP contribution in [0, 0.1) is 17.8 Å². The highest BCUT2D eigenvalue weighted by atomic mass is 31.2. The van der Waals surface area contributed by atoms with Crippen LogP contribution in [0.2, 0.25) is 0 Å². The highest BCUT2D eigenvalue weighted by Gasteiger charge is 2.39. The summed E-state index contributed by atoms with van der Waals surface area (Å²) in [7, 11) is -4.81. The lowest BCUT2D eigenvalue weighted by Gasteiger charge is -2.18. The van der Waals surface area contributed by atoms with E-state index >= 15 is 0 Å². The van der Waals surface area contributed by atoms with Gasteiger partial charge in [-0.1, -0.05) is 148 Å². The smallest absolute Gasteiger partial charge is 0.462 e. The molecule has 4 N–H and O–H groups in total. The average molecular weight is 775 g/mol. The van der Waals surface area contributed by atoms with Crippen LogP contribution in [0.25, 0.3) is 0 Å². The van der Waals surface area contributed by atoms with Gasteiger partial charge >= 0.3 is 19.8 Å². The van der Waals surface area contributed by atoms with E-state index in [2.05, 4.69) is 25.3 Å². The van der Waals surface area contributed by atoms with E-state index in [4.69, 9.17) is 19.3 Å². The summed E-state index contributed by atoms with van der Waals surface area (Å²) < 4.78 is 26.4. The third-order valence-electron chi connectivity index (χ3n) is 10.1. The zero-order chi connectivity index (χ0) is 39.3. The molecule has 53 heavy (non-hydrogen) atoms. The second-order valence-electron chi connectivity index (χ2n) is 15.6. The fraction of sp³-hybridized carbons (Fsp3) is 0.878. The summed E-state index contributed by atoms with van der Waals surface area (Å²) in [6, 6.07) is 0. The Hall–Kier alpha value is -1.62. The Kier molecular flexibility index (Phi) is 28.5.